The average molecular weight is 458 g/mol. The molecule has 0 saturated heterocycles. The van der Waals surface area contributed by atoms with E-state index in [1.165, 1.54) is 6.07 Å². The number of nitrogens with zero attached hydrogens (tertiary/aromatic N) is 1. The molecule has 0 aliphatic carbocycles. The number of benzene rings is 3. The molecule has 0 aliphatic rings. The number of hydrogen-bond acceptors (Lipinski definition) is 4. The first-order valence-corrected chi connectivity index (χ1v) is 11.0. The quantitative estimate of drug-likeness (QED) is 0.406. The predicted molar refractivity (Wildman–Crippen MR) is 115 cm³/mol. The van der Waals surface area contributed by atoms with Gasteiger partial charge >= 0.3 is 6.18 Å². The van der Waals surface area contributed by atoms with E-state index in [2.05, 4.69) is 9.71 Å². The first-order chi connectivity index (χ1) is 15.2. The van der Waals surface area contributed by atoms with Crippen molar-refractivity contribution in [1.29, 1.82) is 0 Å². The number of rotatable bonds is 6. The number of alkyl halides is 3. The Morgan fingerprint density at radius 2 is 1.62 bits per heavy atom. The summed E-state index contributed by atoms with van der Waals surface area (Å²) in [5.74, 6) is 0.220. The predicted octanol–water partition coefficient (Wildman–Crippen LogP) is 5.63. The number of para-hydroxylation sites is 3. The van der Waals surface area contributed by atoms with Gasteiger partial charge in [0, 0.05) is 5.39 Å². The van der Waals surface area contributed by atoms with E-state index in [4.69, 9.17) is 4.74 Å². The average Bonchev–Trinajstić information content (AvgIpc) is 2.78. The number of hydrogen-bond donors (Lipinski definition) is 1. The summed E-state index contributed by atoms with van der Waals surface area (Å²) < 4.78 is 72.4. The lowest BCUT2D eigenvalue weighted by molar-refractivity contribution is -0.137. The van der Waals surface area contributed by atoms with Crippen LogP contribution < -0.4 is 9.46 Å². The number of sulfonamides is 1. The number of ether oxygens (including phenoxy) is 1. The molecule has 1 aromatic heterocycles. The molecule has 0 atom stereocenters. The van der Waals surface area contributed by atoms with Crippen LogP contribution in [0, 0.1) is 0 Å². The zero-order valence-corrected chi connectivity index (χ0v) is 17.3. The van der Waals surface area contributed by atoms with Crippen LogP contribution in [0.1, 0.15) is 11.3 Å². The van der Waals surface area contributed by atoms with Crippen molar-refractivity contribution >= 4 is 26.6 Å². The molecule has 3 aromatic carbocycles. The fraction of sp³-hybridized carbons (Fsp3) is 0.0870. The van der Waals surface area contributed by atoms with Crippen LogP contribution in [-0.2, 0) is 22.8 Å². The molecule has 0 amide bonds. The van der Waals surface area contributed by atoms with Gasteiger partial charge in [-0.15, -0.1) is 0 Å². The van der Waals surface area contributed by atoms with Gasteiger partial charge in [-0.05, 0) is 42.5 Å². The van der Waals surface area contributed by atoms with Crippen LogP contribution in [-0.4, -0.2) is 13.4 Å². The Morgan fingerprint density at radius 1 is 0.875 bits per heavy atom. The highest BCUT2D eigenvalue weighted by Gasteiger charge is 2.31. The van der Waals surface area contributed by atoms with E-state index in [0.717, 1.165) is 29.1 Å². The lowest BCUT2D eigenvalue weighted by atomic mass is 10.2. The van der Waals surface area contributed by atoms with E-state index in [1.54, 1.807) is 24.3 Å². The number of fused-ring (bicyclic) bond motifs is 1. The summed E-state index contributed by atoms with van der Waals surface area (Å²) in [4.78, 5) is 4.00. The molecule has 164 valence electrons. The van der Waals surface area contributed by atoms with Crippen molar-refractivity contribution in [3.8, 4) is 5.75 Å². The highest BCUT2D eigenvalue weighted by atomic mass is 32.2. The SMILES string of the molecule is O=S(=O)(Nc1ccccc1OCc1ccc2ccccc2n1)c1cccc(C(F)(F)F)c1. The van der Waals surface area contributed by atoms with Gasteiger partial charge in [-0.2, -0.15) is 13.2 Å². The van der Waals surface area contributed by atoms with Gasteiger partial charge in [-0.1, -0.05) is 42.5 Å². The number of aromatic nitrogens is 1. The molecule has 0 radical (unpaired) electrons. The maximum absolute atomic E-state index is 13.0. The minimum Gasteiger partial charge on any atom is -0.485 e. The Kier molecular flexibility index (Phi) is 5.75. The van der Waals surface area contributed by atoms with E-state index in [0.29, 0.717) is 11.8 Å². The van der Waals surface area contributed by atoms with Crippen LogP contribution in [0.4, 0.5) is 18.9 Å². The van der Waals surface area contributed by atoms with E-state index in [1.807, 2.05) is 30.3 Å². The van der Waals surface area contributed by atoms with Crippen LogP contribution in [0.25, 0.3) is 10.9 Å². The third kappa shape index (κ3) is 4.83. The van der Waals surface area contributed by atoms with Gasteiger partial charge in [0.2, 0.25) is 0 Å². The molecule has 0 fully saturated rings. The molecule has 0 saturated carbocycles. The van der Waals surface area contributed by atoms with E-state index in [-0.39, 0.29) is 18.0 Å². The fourth-order valence-corrected chi connectivity index (χ4v) is 4.18. The van der Waals surface area contributed by atoms with Crippen molar-refractivity contribution in [2.75, 3.05) is 4.72 Å². The maximum Gasteiger partial charge on any atom is 0.416 e. The summed E-state index contributed by atoms with van der Waals surface area (Å²) in [6, 6.07) is 21.1. The van der Waals surface area contributed by atoms with Crippen LogP contribution in [0.5, 0.6) is 5.75 Å². The van der Waals surface area contributed by atoms with Gasteiger partial charge in [0.15, 0.2) is 0 Å². The number of halogens is 3. The van der Waals surface area contributed by atoms with Crippen LogP contribution in [0.2, 0.25) is 0 Å². The zero-order chi connectivity index (χ0) is 22.8. The Balaban J connectivity index is 1.55. The molecule has 32 heavy (non-hydrogen) atoms. The van der Waals surface area contributed by atoms with E-state index in [9.17, 15) is 21.6 Å². The van der Waals surface area contributed by atoms with Crippen molar-refractivity contribution in [1.82, 2.24) is 4.98 Å². The molecule has 5 nitrogen and oxygen atoms in total. The van der Waals surface area contributed by atoms with Crippen molar-refractivity contribution in [2.45, 2.75) is 17.7 Å². The van der Waals surface area contributed by atoms with Crippen molar-refractivity contribution < 1.29 is 26.3 Å². The molecule has 0 spiro atoms. The van der Waals surface area contributed by atoms with Gasteiger partial charge in [-0.25, -0.2) is 13.4 Å². The van der Waals surface area contributed by atoms with Gasteiger partial charge in [0.25, 0.3) is 10.0 Å². The summed E-state index contributed by atoms with van der Waals surface area (Å²) in [6.07, 6.45) is -4.65. The van der Waals surface area contributed by atoms with Crippen LogP contribution in [0.3, 0.4) is 0 Å². The molecule has 4 rings (SSSR count). The lowest BCUT2D eigenvalue weighted by Crippen LogP contribution is -2.15. The lowest BCUT2D eigenvalue weighted by Gasteiger charge is -2.14. The molecule has 9 heteroatoms. The molecular weight excluding hydrogens is 441 g/mol. The smallest absolute Gasteiger partial charge is 0.416 e. The summed E-state index contributed by atoms with van der Waals surface area (Å²) in [6.45, 7) is 0.0765. The van der Waals surface area contributed by atoms with Crippen LogP contribution >= 0.6 is 0 Å². The van der Waals surface area contributed by atoms with Gasteiger partial charge in [0.1, 0.15) is 12.4 Å². The first-order valence-electron chi connectivity index (χ1n) is 9.49. The van der Waals surface area contributed by atoms with Crippen LogP contribution in [0.15, 0.2) is 89.8 Å². The van der Waals surface area contributed by atoms with Gasteiger partial charge < -0.3 is 4.74 Å². The van der Waals surface area contributed by atoms with Gasteiger partial charge in [0.05, 0.1) is 27.4 Å². The Morgan fingerprint density at radius 3 is 2.44 bits per heavy atom. The number of anilines is 1. The molecule has 1 N–H and O–H groups in total. The molecule has 0 unspecified atom stereocenters. The van der Waals surface area contributed by atoms with E-state index >= 15 is 0 Å². The van der Waals surface area contributed by atoms with Gasteiger partial charge in [-0.3, -0.25) is 4.72 Å². The topological polar surface area (TPSA) is 68.3 Å². The van der Waals surface area contributed by atoms with Crippen molar-refractivity contribution in [2.24, 2.45) is 0 Å². The largest absolute Gasteiger partial charge is 0.485 e. The highest BCUT2D eigenvalue weighted by molar-refractivity contribution is 7.92. The summed E-state index contributed by atoms with van der Waals surface area (Å²) in [7, 11) is -4.28. The minimum atomic E-state index is -4.65. The second-order valence-corrected chi connectivity index (χ2v) is 8.59. The molecule has 0 aliphatic heterocycles. The summed E-state index contributed by atoms with van der Waals surface area (Å²) in [5.41, 5.74) is 0.490. The summed E-state index contributed by atoms with van der Waals surface area (Å²) in [5, 5.41) is 0.977. The standard InChI is InChI=1S/C23H17F3N2O3S/c24-23(25,26)17-7-5-8-19(14-17)32(29,30)28-21-10-3-4-11-22(21)31-15-18-13-12-16-6-1-2-9-20(16)27-18/h1-14,28H,15H2. The second kappa shape index (κ2) is 8.51. The normalized spacial score (nSPS) is 12.0. The zero-order valence-electron chi connectivity index (χ0n) is 16.5. The fourth-order valence-electron chi connectivity index (χ4n) is 3.06. The highest BCUT2D eigenvalue weighted by Crippen LogP contribution is 2.32. The Labute approximate surface area is 182 Å². The second-order valence-electron chi connectivity index (χ2n) is 6.91. The van der Waals surface area contributed by atoms with E-state index < -0.39 is 26.7 Å². The third-order valence-electron chi connectivity index (χ3n) is 4.63. The van der Waals surface area contributed by atoms with Crippen molar-refractivity contribution in [3.05, 3.63) is 96.2 Å². The molecule has 1 heterocycles. The third-order valence-corrected chi connectivity index (χ3v) is 6.00. The Hall–Kier alpha value is -3.59. The molecule has 4 aromatic rings. The first kappa shape index (κ1) is 21.6. The van der Waals surface area contributed by atoms with Crippen molar-refractivity contribution in [3.63, 3.8) is 0 Å². The number of nitrogens with one attached hydrogen (secondary N) is 1. The molecule has 0 bridgehead atoms. The monoisotopic (exact) mass is 458 g/mol. The summed E-state index contributed by atoms with van der Waals surface area (Å²) >= 11 is 0. The Bertz CT molecular complexity index is 1370. The number of pyridine rings is 1. The minimum absolute atomic E-state index is 0.0765. The maximum atomic E-state index is 13.0. The molecular formula is C23H17F3N2O3S.